The Labute approximate surface area is 278 Å². The fourth-order valence-corrected chi connectivity index (χ4v) is 4.81. The topological polar surface area (TPSA) is 163 Å². The van der Waals surface area contributed by atoms with E-state index in [0.29, 0.717) is 40.1 Å². The molecule has 0 heterocycles. The van der Waals surface area contributed by atoms with Crippen LogP contribution < -0.4 is 15.8 Å². The molecule has 0 unspecified atom stereocenters. The van der Waals surface area contributed by atoms with Gasteiger partial charge in [-0.05, 0) is 64.6 Å². The number of aliphatic carboxylic acids is 1. The van der Waals surface area contributed by atoms with Crippen LogP contribution in [-0.2, 0) is 17.8 Å². The first kappa shape index (κ1) is 35.4. The summed E-state index contributed by atoms with van der Waals surface area (Å²) < 4.78 is 37.9. The molecule has 0 saturated carbocycles. The number of rotatable bonds is 10. The normalized spacial score (nSPS) is 10.7. The molecule has 0 aliphatic carbocycles. The monoisotopic (exact) mass is 669 g/mol. The average Bonchev–Trinajstić information content (AvgIpc) is 3.08. The molecule has 0 atom stereocenters. The van der Waals surface area contributed by atoms with Crippen LogP contribution in [0.5, 0.6) is 5.75 Å². The van der Waals surface area contributed by atoms with Crippen LogP contribution in [0, 0.1) is 5.41 Å². The van der Waals surface area contributed by atoms with E-state index in [1.54, 1.807) is 60.7 Å². The van der Waals surface area contributed by atoms with Crippen LogP contribution in [0.1, 0.15) is 43.0 Å². The highest BCUT2D eigenvalue weighted by molar-refractivity contribution is 6.12. The van der Waals surface area contributed by atoms with E-state index >= 15 is 0 Å². The van der Waals surface area contributed by atoms with Crippen LogP contribution in [0.25, 0.3) is 11.1 Å². The van der Waals surface area contributed by atoms with Crippen LogP contribution in [0.3, 0.4) is 0 Å². The zero-order valence-electron chi connectivity index (χ0n) is 25.7. The van der Waals surface area contributed by atoms with Crippen molar-refractivity contribution in [3.8, 4) is 16.9 Å². The van der Waals surface area contributed by atoms with Crippen molar-refractivity contribution in [1.82, 2.24) is 0 Å². The molecule has 0 aliphatic rings. The number of carboxylic acid groups (broad SMARTS) is 2. The van der Waals surface area contributed by atoms with Gasteiger partial charge in [0.05, 0.1) is 11.1 Å². The number of anilines is 1. The van der Waals surface area contributed by atoms with Crippen LogP contribution in [0.15, 0.2) is 121 Å². The summed E-state index contributed by atoms with van der Waals surface area (Å²) in [6.45, 7) is 0.220. The van der Waals surface area contributed by atoms with Gasteiger partial charge in [-0.1, -0.05) is 91.0 Å². The summed E-state index contributed by atoms with van der Waals surface area (Å²) in [5.74, 6) is -4.06. The number of nitrogen functional groups attached to an aromatic ring is 1. The van der Waals surface area contributed by atoms with E-state index in [-0.39, 0.29) is 23.6 Å². The molecule has 9 nitrogen and oxygen atoms in total. The first-order chi connectivity index (χ1) is 23.3. The molecule has 1 amide bonds. The van der Waals surface area contributed by atoms with E-state index in [0.717, 1.165) is 11.1 Å². The summed E-state index contributed by atoms with van der Waals surface area (Å²) in [4.78, 5) is 35.5. The molecule has 12 heteroatoms. The molecule has 0 aliphatic heterocycles. The zero-order chi connectivity index (χ0) is 35.6. The number of aromatic carboxylic acids is 1. The maximum Gasteiger partial charge on any atom is 0.490 e. The van der Waals surface area contributed by atoms with Crippen molar-refractivity contribution in [3.63, 3.8) is 0 Å². The van der Waals surface area contributed by atoms with Crippen molar-refractivity contribution in [2.24, 2.45) is 5.73 Å². The molecule has 5 aromatic rings. The minimum Gasteiger partial charge on any atom is -0.488 e. The Morgan fingerprint density at radius 3 is 1.78 bits per heavy atom. The summed E-state index contributed by atoms with van der Waals surface area (Å²) >= 11 is 0. The van der Waals surface area contributed by atoms with E-state index < -0.39 is 24.0 Å². The lowest BCUT2D eigenvalue weighted by Gasteiger charge is -2.18. The summed E-state index contributed by atoms with van der Waals surface area (Å²) in [7, 11) is 0. The van der Waals surface area contributed by atoms with Gasteiger partial charge in [-0.3, -0.25) is 10.2 Å². The lowest BCUT2D eigenvalue weighted by Crippen LogP contribution is -2.21. The molecule has 0 radical (unpaired) electrons. The smallest absolute Gasteiger partial charge is 0.488 e. The fraction of sp³-hybridized carbons (Fsp3) is 0.0811. The number of amides is 1. The molecule has 5 rings (SSSR count). The number of carboxylic acids is 2. The standard InChI is InChI=1S/C35H29N3O4.C2HF3O2/c36-33(37)25-17-19-27(20-18-25)38-34(39)32-29(15-8-16-30(32)42-22-24-11-5-2-6-12-24)28-14-7-13-26(31(28)35(40)41)21-23-9-3-1-4-10-23;3-2(4,5)1(6)7/h1-20H,21-22H2,(H3,36,37)(H,38,39)(H,40,41);(H,6,7). The molecule has 0 aromatic heterocycles. The Bertz CT molecular complexity index is 1950. The van der Waals surface area contributed by atoms with Crippen LogP contribution in [0.4, 0.5) is 18.9 Å². The minimum atomic E-state index is -5.08. The number of alkyl halides is 3. The first-order valence-electron chi connectivity index (χ1n) is 14.6. The molecule has 0 saturated heterocycles. The lowest BCUT2D eigenvalue weighted by atomic mass is 9.89. The second kappa shape index (κ2) is 15.9. The lowest BCUT2D eigenvalue weighted by molar-refractivity contribution is -0.192. The van der Waals surface area contributed by atoms with Crippen LogP contribution in [0.2, 0.25) is 0 Å². The number of ether oxygens (including phenoxy) is 1. The zero-order valence-corrected chi connectivity index (χ0v) is 25.7. The van der Waals surface area contributed by atoms with Gasteiger partial charge in [-0.2, -0.15) is 13.2 Å². The van der Waals surface area contributed by atoms with E-state index in [9.17, 15) is 27.9 Å². The van der Waals surface area contributed by atoms with Crippen molar-refractivity contribution in [3.05, 3.63) is 155 Å². The van der Waals surface area contributed by atoms with Gasteiger partial charge < -0.3 is 26.0 Å². The van der Waals surface area contributed by atoms with Gasteiger partial charge in [0.2, 0.25) is 0 Å². The number of hydrogen-bond acceptors (Lipinski definition) is 5. The number of nitrogens with one attached hydrogen (secondary N) is 2. The molecular formula is C37H30F3N3O6. The van der Waals surface area contributed by atoms with E-state index in [2.05, 4.69) is 5.32 Å². The van der Waals surface area contributed by atoms with Gasteiger partial charge in [-0.15, -0.1) is 0 Å². The quantitative estimate of drug-likeness (QED) is 0.0765. The Hall–Kier alpha value is -6.43. The summed E-state index contributed by atoms with van der Waals surface area (Å²) in [5.41, 5.74) is 10.3. The molecule has 6 N–H and O–H groups in total. The Balaban J connectivity index is 0.000000698. The van der Waals surface area contributed by atoms with Crippen molar-refractivity contribution in [2.45, 2.75) is 19.2 Å². The van der Waals surface area contributed by atoms with Gasteiger partial charge in [0.25, 0.3) is 5.91 Å². The fourth-order valence-electron chi connectivity index (χ4n) is 4.81. The number of benzene rings is 5. The maximum absolute atomic E-state index is 13.9. The second-order valence-electron chi connectivity index (χ2n) is 10.5. The second-order valence-corrected chi connectivity index (χ2v) is 10.5. The highest BCUT2D eigenvalue weighted by Gasteiger charge is 2.38. The first-order valence-corrected chi connectivity index (χ1v) is 14.6. The molecule has 49 heavy (non-hydrogen) atoms. The van der Waals surface area contributed by atoms with E-state index in [1.807, 2.05) is 60.7 Å². The van der Waals surface area contributed by atoms with E-state index in [1.165, 1.54) is 0 Å². The Kier molecular flexibility index (Phi) is 11.5. The van der Waals surface area contributed by atoms with E-state index in [4.69, 9.17) is 25.8 Å². The minimum absolute atomic E-state index is 0.0774. The van der Waals surface area contributed by atoms with Gasteiger partial charge in [0.15, 0.2) is 0 Å². The Morgan fingerprint density at radius 1 is 0.714 bits per heavy atom. The number of hydrogen-bond donors (Lipinski definition) is 5. The third-order valence-corrected chi connectivity index (χ3v) is 7.08. The van der Waals surface area contributed by atoms with Crippen LogP contribution in [-0.4, -0.2) is 40.1 Å². The van der Waals surface area contributed by atoms with Gasteiger partial charge in [0.1, 0.15) is 18.2 Å². The Morgan fingerprint density at radius 2 is 1.24 bits per heavy atom. The van der Waals surface area contributed by atoms with Gasteiger partial charge >= 0.3 is 18.1 Å². The van der Waals surface area contributed by atoms with Crippen molar-refractivity contribution in [2.75, 3.05) is 5.32 Å². The third kappa shape index (κ3) is 9.55. The largest absolute Gasteiger partial charge is 0.490 e. The molecule has 5 aromatic carbocycles. The average molecular weight is 670 g/mol. The molecule has 0 spiro atoms. The van der Waals surface area contributed by atoms with Gasteiger partial charge in [-0.25, -0.2) is 9.59 Å². The number of carbonyl (C=O) groups excluding carboxylic acids is 1. The number of carbonyl (C=O) groups is 3. The highest BCUT2D eigenvalue weighted by Crippen LogP contribution is 2.36. The summed E-state index contributed by atoms with van der Waals surface area (Å²) in [6, 6.07) is 36.3. The van der Waals surface area contributed by atoms with Crippen molar-refractivity contribution in [1.29, 1.82) is 5.41 Å². The molecular weight excluding hydrogens is 639 g/mol. The third-order valence-electron chi connectivity index (χ3n) is 7.08. The predicted molar refractivity (Wildman–Crippen MR) is 178 cm³/mol. The highest BCUT2D eigenvalue weighted by atomic mass is 19.4. The maximum atomic E-state index is 13.9. The van der Waals surface area contributed by atoms with Crippen LogP contribution >= 0.6 is 0 Å². The summed E-state index contributed by atoms with van der Waals surface area (Å²) in [6.07, 6.45) is -4.66. The van der Waals surface area contributed by atoms with Gasteiger partial charge in [0, 0.05) is 11.3 Å². The SMILES string of the molecule is N=C(N)c1ccc(NC(=O)c2c(OCc3ccccc3)cccc2-c2cccc(Cc3ccccc3)c2C(=O)O)cc1.O=C(O)C(F)(F)F. The number of halogens is 3. The molecule has 0 bridgehead atoms. The number of amidine groups is 1. The molecule has 0 fully saturated rings. The molecule has 250 valence electrons. The van der Waals surface area contributed by atoms with Crippen molar-refractivity contribution >= 4 is 29.4 Å². The predicted octanol–water partition coefficient (Wildman–Crippen LogP) is 7.39. The summed E-state index contributed by atoms with van der Waals surface area (Å²) in [5, 5.41) is 28.0. The van der Waals surface area contributed by atoms with Crippen molar-refractivity contribution < 1.29 is 42.5 Å². The number of nitrogens with two attached hydrogens (primary N) is 1.